The number of rotatable bonds is 12. The van der Waals surface area contributed by atoms with Crippen molar-refractivity contribution in [3.63, 3.8) is 0 Å². The van der Waals surface area contributed by atoms with Gasteiger partial charge in [-0.15, -0.1) is 0 Å². The molecule has 6 rings (SSSR count). The summed E-state index contributed by atoms with van der Waals surface area (Å²) in [4.78, 5) is 41.6. The number of hydrogen-bond acceptors (Lipinski definition) is 4. The first-order valence-electron chi connectivity index (χ1n) is 16.7. The number of carboxylic acid groups (broad SMARTS) is 1. The molecule has 2 atom stereocenters. The smallest absolute Gasteiger partial charge is 0.326 e. The molecule has 0 saturated heterocycles. The molecule has 47 heavy (non-hydrogen) atoms. The van der Waals surface area contributed by atoms with E-state index in [1.54, 1.807) is 4.90 Å². The minimum atomic E-state index is -1.13. The molecule has 0 aromatic heterocycles. The minimum Gasteiger partial charge on any atom is -0.493 e. The average molecular weight is 631 g/mol. The van der Waals surface area contributed by atoms with E-state index in [1.165, 1.54) is 5.56 Å². The van der Waals surface area contributed by atoms with Crippen molar-refractivity contribution in [1.29, 1.82) is 0 Å². The van der Waals surface area contributed by atoms with Crippen LogP contribution in [0.15, 0.2) is 103 Å². The van der Waals surface area contributed by atoms with Gasteiger partial charge in [-0.3, -0.25) is 9.59 Å². The number of ether oxygens (including phenoxy) is 1. The van der Waals surface area contributed by atoms with Crippen molar-refractivity contribution in [2.24, 2.45) is 5.92 Å². The van der Waals surface area contributed by atoms with Crippen LogP contribution in [0.4, 0.5) is 0 Å². The van der Waals surface area contributed by atoms with Crippen LogP contribution in [0.3, 0.4) is 0 Å². The van der Waals surface area contributed by atoms with Crippen molar-refractivity contribution >= 4 is 17.8 Å². The van der Waals surface area contributed by atoms with Crippen molar-refractivity contribution in [2.75, 3.05) is 6.61 Å². The Morgan fingerprint density at radius 1 is 0.809 bits per heavy atom. The quantitative estimate of drug-likeness (QED) is 0.183. The largest absolute Gasteiger partial charge is 0.493 e. The van der Waals surface area contributed by atoms with Crippen LogP contribution < -0.4 is 10.1 Å². The van der Waals surface area contributed by atoms with Crippen LogP contribution in [-0.2, 0) is 40.2 Å². The molecule has 2 aliphatic rings. The molecule has 4 aromatic carbocycles. The summed E-state index contributed by atoms with van der Waals surface area (Å²) in [6, 6.07) is 31.8. The molecule has 0 spiro atoms. The van der Waals surface area contributed by atoms with Gasteiger partial charge in [0.05, 0.1) is 6.61 Å². The summed E-state index contributed by atoms with van der Waals surface area (Å²) in [5.41, 5.74) is 6.04. The number of fused-ring (bicyclic) bond motifs is 1. The normalized spacial score (nSPS) is 16.7. The first-order valence-corrected chi connectivity index (χ1v) is 16.7. The van der Waals surface area contributed by atoms with Crippen LogP contribution in [0, 0.1) is 5.92 Å². The molecule has 2 amide bonds. The van der Waals surface area contributed by atoms with Crippen molar-refractivity contribution in [3.8, 4) is 16.9 Å². The average Bonchev–Trinajstić information content (AvgIpc) is 3.61. The van der Waals surface area contributed by atoms with E-state index in [9.17, 15) is 19.5 Å². The Morgan fingerprint density at radius 3 is 2.19 bits per heavy atom. The van der Waals surface area contributed by atoms with Crippen LogP contribution in [0.1, 0.15) is 54.4 Å². The zero-order valence-corrected chi connectivity index (χ0v) is 26.6. The molecule has 1 fully saturated rings. The van der Waals surface area contributed by atoms with Crippen LogP contribution in [0.25, 0.3) is 11.1 Å². The maximum absolute atomic E-state index is 13.9. The maximum atomic E-state index is 13.9. The van der Waals surface area contributed by atoms with Gasteiger partial charge in [0.15, 0.2) is 0 Å². The van der Waals surface area contributed by atoms with Crippen molar-refractivity contribution < 1.29 is 24.2 Å². The summed E-state index contributed by atoms with van der Waals surface area (Å²) in [5, 5.41) is 12.9. The molecular formula is C40H42N2O5. The topological polar surface area (TPSA) is 95.9 Å². The first kappa shape index (κ1) is 32.0. The van der Waals surface area contributed by atoms with E-state index < -0.39 is 24.0 Å². The SMILES string of the molecule is O=C(O)[C@H](Cc1ccc(-c2ccccc2)cc1)NC(=O)[C@@H]1Cc2ccc(OCCc3ccccc3)cc2CN1C(=O)CC1CCCC1. The molecule has 0 bridgehead atoms. The number of carboxylic acids is 1. The third-order valence-electron chi connectivity index (χ3n) is 9.49. The second-order valence-electron chi connectivity index (χ2n) is 12.8. The molecule has 1 aliphatic heterocycles. The molecular weight excluding hydrogens is 588 g/mol. The lowest BCUT2D eigenvalue weighted by Gasteiger charge is -2.37. The Balaban J connectivity index is 1.16. The van der Waals surface area contributed by atoms with Crippen LogP contribution in [0.2, 0.25) is 0 Å². The monoisotopic (exact) mass is 630 g/mol. The van der Waals surface area contributed by atoms with E-state index in [0.29, 0.717) is 25.4 Å². The van der Waals surface area contributed by atoms with Crippen molar-refractivity contribution in [1.82, 2.24) is 10.2 Å². The highest BCUT2D eigenvalue weighted by atomic mass is 16.5. The Labute approximate surface area is 276 Å². The Bertz CT molecular complexity index is 1670. The molecule has 7 heteroatoms. The molecule has 0 unspecified atom stereocenters. The summed E-state index contributed by atoms with van der Waals surface area (Å²) in [6.45, 7) is 0.817. The molecule has 1 saturated carbocycles. The Hall–Kier alpha value is -4.91. The number of aliphatic carboxylic acids is 1. The lowest BCUT2D eigenvalue weighted by atomic mass is 9.91. The summed E-state index contributed by atoms with van der Waals surface area (Å²) < 4.78 is 6.07. The highest BCUT2D eigenvalue weighted by molar-refractivity contribution is 5.91. The second-order valence-corrected chi connectivity index (χ2v) is 12.8. The number of benzene rings is 4. The molecule has 1 heterocycles. The predicted octanol–water partition coefficient (Wildman–Crippen LogP) is 6.62. The van der Waals surface area contributed by atoms with E-state index in [2.05, 4.69) is 17.4 Å². The number of amides is 2. The summed E-state index contributed by atoms with van der Waals surface area (Å²) in [6.07, 6.45) is 5.95. The summed E-state index contributed by atoms with van der Waals surface area (Å²) >= 11 is 0. The number of carbonyl (C=O) groups is 3. The van der Waals surface area contributed by atoms with Gasteiger partial charge in [-0.25, -0.2) is 4.79 Å². The van der Waals surface area contributed by atoms with Gasteiger partial charge in [0.25, 0.3) is 0 Å². The molecule has 7 nitrogen and oxygen atoms in total. The fourth-order valence-corrected chi connectivity index (χ4v) is 6.82. The third-order valence-corrected chi connectivity index (χ3v) is 9.49. The van der Waals surface area contributed by atoms with Gasteiger partial charge in [0.2, 0.25) is 11.8 Å². The van der Waals surface area contributed by atoms with Gasteiger partial charge in [-0.1, -0.05) is 104 Å². The lowest BCUT2D eigenvalue weighted by Crippen LogP contribution is -2.56. The van der Waals surface area contributed by atoms with Gasteiger partial charge in [-0.2, -0.15) is 0 Å². The standard InChI is InChI=1S/C40H42N2O5/c43-38(24-29-11-7-8-12-29)42-27-34-25-35(47-22-21-28-9-3-1-4-10-28)20-19-33(34)26-37(42)39(44)41-36(40(45)46)23-30-15-17-32(18-16-30)31-13-5-2-6-14-31/h1-6,9-10,13-20,25,29,36-37H,7-8,11-12,21-24,26-27H2,(H,41,44)(H,45,46)/t36-,37-/m0/s1. The van der Waals surface area contributed by atoms with Crippen LogP contribution in [-0.4, -0.2) is 46.5 Å². The fraction of sp³-hybridized carbons (Fsp3) is 0.325. The zero-order valence-electron chi connectivity index (χ0n) is 26.6. The van der Waals surface area contributed by atoms with Gasteiger partial charge >= 0.3 is 5.97 Å². The van der Waals surface area contributed by atoms with E-state index in [0.717, 1.165) is 65.7 Å². The highest BCUT2D eigenvalue weighted by Crippen LogP contribution is 2.32. The van der Waals surface area contributed by atoms with Crippen LogP contribution >= 0.6 is 0 Å². The number of nitrogens with zero attached hydrogens (tertiary/aromatic N) is 1. The molecule has 4 aromatic rings. The highest BCUT2D eigenvalue weighted by Gasteiger charge is 2.37. The predicted molar refractivity (Wildman–Crippen MR) is 182 cm³/mol. The van der Waals surface area contributed by atoms with Crippen molar-refractivity contribution in [2.45, 2.75) is 70.0 Å². The van der Waals surface area contributed by atoms with Crippen molar-refractivity contribution in [3.05, 3.63) is 125 Å². The number of carbonyl (C=O) groups excluding carboxylic acids is 2. The van der Waals surface area contributed by atoms with Gasteiger partial charge < -0.3 is 20.1 Å². The molecule has 0 radical (unpaired) electrons. The fourth-order valence-electron chi connectivity index (χ4n) is 6.82. The maximum Gasteiger partial charge on any atom is 0.326 e. The van der Waals surface area contributed by atoms with E-state index in [-0.39, 0.29) is 18.9 Å². The van der Waals surface area contributed by atoms with Gasteiger partial charge in [-0.05, 0) is 64.3 Å². The second kappa shape index (κ2) is 15.1. The molecule has 1 aliphatic carbocycles. The van der Waals surface area contributed by atoms with Crippen LogP contribution in [0.5, 0.6) is 5.75 Å². The number of nitrogens with one attached hydrogen (secondary N) is 1. The van der Waals surface area contributed by atoms with Gasteiger partial charge in [0.1, 0.15) is 17.8 Å². The number of hydrogen-bond donors (Lipinski definition) is 2. The van der Waals surface area contributed by atoms with E-state index in [4.69, 9.17) is 4.74 Å². The van der Waals surface area contributed by atoms with Gasteiger partial charge in [0, 0.05) is 32.2 Å². The van der Waals surface area contributed by atoms with E-state index >= 15 is 0 Å². The molecule has 2 N–H and O–H groups in total. The minimum absolute atomic E-state index is 0.0542. The van der Waals surface area contributed by atoms with E-state index in [1.807, 2.05) is 91.0 Å². The Kier molecular flexibility index (Phi) is 10.3. The Morgan fingerprint density at radius 2 is 1.49 bits per heavy atom. The summed E-state index contributed by atoms with van der Waals surface area (Å²) in [7, 11) is 0. The first-order chi connectivity index (χ1) is 22.9. The molecule has 242 valence electrons. The third kappa shape index (κ3) is 8.28. The lowest BCUT2D eigenvalue weighted by molar-refractivity contribution is -0.145. The summed E-state index contributed by atoms with van der Waals surface area (Å²) in [5.74, 6) is -0.544. The zero-order chi connectivity index (χ0) is 32.6.